The quantitative estimate of drug-likeness (QED) is 0.409. The number of carbonyl (C=O) groups is 1. The molecule has 0 unspecified atom stereocenters. The number of rotatable bonds is 10. The molecule has 0 aliphatic carbocycles. The van der Waals surface area contributed by atoms with Crippen LogP contribution in [-0.2, 0) is 16.1 Å². The van der Waals surface area contributed by atoms with Gasteiger partial charge in [0.1, 0.15) is 0 Å². The van der Waals surface area contributed by atoms with Gasteiger partial charge in [-0.1, -0.05) is 79.7 Å². The number of ether oxygens (including phenoxy) is 1. The average Bonchev–Trinajstić information content (AvgIpc) is 2.72. The highest BCUT2D eigenvalue weighted by Gasteiger charge is 2.26. The Morgan fingerprint density at radius 1 is 1.07 bits per heavy atom. The summed E-state index contributed by atoms with van der Waals surface area (Å²) >= 11 is 0. The summed E-state index contributed by atoms with van der Waals surface area (Å²) in [7, 11) is 0. The highest BCUT2D eigenvalue weighted by molar-refractivity contribution is 5.77. The highest BCUT2D eigenvalue weighted by Crippen LogP contribution is 2.25. The van der Waals surface area contributed by atoms with Gasteiger partial charge in [0.05, 0.1) is 18.7 Å². The molecule has 0 aliphatic rings. The Morgan fingerprint density at radius 3 is 2.30 bits per heavy atom. The fraction of sp³-hybridized carbons (Fsp3) is 0.375. The van der Waals surface area contributed by atoms with E-state index in [1.807, 2.05) is 61.2 Å². The summed E-state index contributed by atoms with van der Waals surface area (Å²) in [6, 6.07) is 20.4. The van der Waals surface area contributed by atoms with E-state index in [0.717, 1.165) is 12.0 Å². The van der Waals surface area contributed by atoms with Crippen molar-refractivity contribution in [2.75, 3.05) is 6.61 Å². The molecular formula is C24H31NO2. The van der Waals surface area contributed by atoms with Crippen LogP contribution >= 0.6 is 0 Å². The molecule has 0 aromatic heterocycles. The van der Waals surface area contributed by atoms with E-state index in [1.165, 1.54) is 5.56 Å². The van der Waals surface area contributed by atoms with Gasteiger partial charge < -0.3 is 9.64 Å². The van der Waals surface area contributed by atoms with Gasteiger partial charge in [-0.15, -0.1) is 0 Å². The van der Waals surface area contributed by atoms with Crippen molar-refractivity contribution in [2.24, 2.45) is 0 Å². The first-order valence-corrected chi connectivity index (χ1v) is 9.78. The lowest BCUT2D eigenvalue weighted by molar-refractivity contribution is -0.135. The Kier molecular flexibility index (Phi) is 8.79. The molecule has 3 nitrogen and oxygen atoms in total. The van der Waals surface area contributed by atoms with Crippen LogP contribution in [0.4, 0.5) is 0 Å². The zero-order valence-electron chi connectivity index (χ0n) is 16.7. The number of benzene rings is 2. The molecule has 0 spiro atoms. The van der Waals surface area contributed by atoms with E-state index in [2.05, 4.69) is 37.3 Å². The lowest BCUT2D eigenvalue weighted by atomic mass is 10.0. The summed E-state index contributed by atoms with van der Waals surface area (Å²) in [5.41, 5.74) is 2.32. The Bertz CT molecular complexity index is 697. The minimum Gasteiger partial charge on any atom is -0.377 e. The Balaban J connectivity index is 2.05. The Hall–Kier alpha value is -2.39. The van der Waals surface area contributed by atoms with Crippen molar-refractivity contribution >= 4 is 5.91 Å². The van der Waals surface area contributed by atoms with Crippen LogP contribution in [0, 0.1) is 0 Å². The molecule has 0 heterocycles. The lowest BCUT2D eigenvalue weighted by Gasteiger charge is -2.35. The second-order valence-electron chi connectivity index (χ2n) is 6.66. The second kappa shape index (κ2) is 11.3. The number of hydrogen-bond donors (Lipinski definition) is 0. The maximum atomic E-state index is 12.7. The smallest absolute Gasteiger partial charge is 0.223 e. The zero-order valence-corrected chi connectivity index (χ0v) is 16.7. The van der Waals surface area contributed by atoms with Gasteiger partial charge in [0.15, 0.2) is 0 Å². The molecule has 0 saturated heterocycles. The minimum absolute atomic E-state index is 0.0217. The molecule has 144 valence electrons. The first-order chi connectivity index (χ1) is 13.2. The van der Waals surface area contributed by atoms with E-state index in [9.17, 15) is 4.79 Å². The predicted octanol–water partition coefficient (Wildman–Crippen LogP) is 5.54. The van der Waals surface area contributed by atoms with E-state index in [4.69, 9.17) is 4.74 Å². The highest BCUT2D eigenvalue weighted by atomic mass is 16.5. The van der Waals surface area contributed by atoms with E-state index >= 15 is 0 Å². The van der Waals surface area contributed by atoms with Crippen LogP contribution in [-0.4, -0.2) is 23.5 Å². The molecule has 3 heteroatoms. The normalized spacial score (nSPS) is 13.4. The summed E-state index contributed by atoms with van der Waals surface area (Å²) in [5, 5.41) is 0. The van der Waals surface area contributed by atoms with E-state index in [-0.39, 0.29) is 18.0 Å². The van der Waals surface area contributed by atoms with Gasteiger partial charge in [0, 0.05) is 13.0 Å². The number of nitrogens with zero attached hydrogens (tertiary/aromatic N) is 1. The molecule has 0 saturated carbocycles. The summed E-state index contributed by atoms with van der Waals surface area (Å²) in [6.45, 7) is 7.23. The van der Waals surface area contributed by atoms with Crippen molar-refractivity contribution in [3.05, 3.63) is 83.9 Å². The number of carbonyl (C=O) groups excluding carboxylic acids is 1. The first-order valence-electron chi connectivity index (χ1n) is 9.78. The molecular weight excluding hydrogens is 334 g/mol. The third-order valence-electron chi connectivity index (χ3n) is 4.73. The maximum Gasteiger partial charge on any atom is 0.223 e. The molecule has 2 aromatic rings. The van der Waals surface area contributed by atoms with E-state index in [0.29, 0.717) is 19.6 Å². The van der Waals surface area contributed by atoms with Crippen LogP contribution in [0.1, 0.15) is 50.8 Å². The van der Waals surface area contributed by atoms with Crippen molar-refractivity contribution in [2.45, 2.75) is 52.3 Å². The van der Waals surface area contributed by atoms with Crippen molar-refractivity contribution in [3.8, 4) is 0 Å². The van der Waals surface area contributed by atoms with Gasteiger partial charge in [-0.2, -0.15) is 0 Å². The lowest BCUT2D eigenvalue weighted by Crippen LogP contribution is -2.41. The molecule has 0 aliphatic heterocycles. The van der Waals surface area contributed by atoms with Crippen LogP contribution in [0.15, 0.2) is 72.8 Å². The fourth-order valence-electron chi connectivity index (χ4n) is 3.28. The van der Waals surface area contributed by atoms with Crippen LogP contribution < -0.4 is 0 Å². The maximum absolute atomic E-state index is 12.7. The van der Waals surface area contributed by atoms with Gasteiger partial charge in [0.2, 0.25) is 5.91 Å². The molecule has 2 rings (SSSR count). The molecule has 1 amide bonds. The summed E-state index contributed by atoms with van der Waals surface area (Å²) < 4.78 is 5.87. The summed E-state index contributed by atoms with van der Waals surface area (Å²) in [5.74, 6) is 0.164. The van der Waals surface area contributed by atoms with Gasteiger partial charge in [-0.3, -0.25) is 4.79 Å². The monoisotopic (exact) mass is 365 g/mol. The van der Waals surface area contributed by atoms with Gasteiger partial charge in [-0.05, 0) is 31.4 Å². The SMILES string of the molecule is C/C=C/[C@@H](CCOCc1ccccc1)N(C(=O)CC)[C@H](C)c1ccccc1. The van der Waals surface area contributed by atoms with Gasteiger partial charge in [0.25, 0.3) is 0 Å². The summed E-state index contributed by atoms with van der Waals surface area (Å²) in [6.07, 6.45) is 5.41. The molecule has 27 heavy (non-hydrogen) atoms. The average molecular weight is 366 g/mol. The molecule has 0 N–H and O–H groups in total. The molecule has 2 aromatic carbocycles. The van der Waals surface area contributed by atoms with Crippen LogP contribution in [0.5, 0.6) is 0 Å². The van der Waals surface area contributed by atoms with Crippen molar-refractivity contribution in [3.63, 3.8) is 0 Å². The van der Waals surface area contributed by atoms with Gasteiger partial charge >= 0.3 is 0 Å². The Labute approximate surface area is 163 Å². The zero-order chi connectivity index (χ0) is 19.5. The second-order valence-corrected chi connectivity index (χ2v) is 6.66. The van der Waals surface area contributed by atoms with Crippen LogP contribution in [0.3, 0.4) is 0 Å². The van der Waals surface area contributed by atoms with E-state index in [1.54, 1.807) is 0 Å². The van der Waals surface area contributed by atoms with Crippen molar-refractivity contribution < 1.29 is 9.53 Å². The largest absolute Gasteiger partial charge is 0.377 e. The predicted molar refractivity (Wildman–Crippen MR) is 111 cm³/mol. The first kappa shape index (κ1) is 20.9. The van der Waals surface area contributed by atoms with Crippen LogP contribution in [0.2, 0.25) is 0 Å². The fourth-order valence-corrected chi connectivity index (χ4v) is 3.28. The Morgan fingerprint density at radius 2 is 1.70 bits per heavy atom. The number of allylic oxidation sites excluding steroid dienone is 1. The third kappa shape index (κ3) is 6.37. The minimum atomic E-state index is 0.0217. The number of amides is 1. The molecule has 0 radical (unpaired) electrons. The topological polar surface area (TPSA) is 29.5 Å². The number of hydrogen-bond acceptors (Lipinski definition) is 2. The van der Waals surface area contributed by atoms with Crippen LogP contribution in [0.25, 0.3) is 0 Å². The van der Waals surface area contributed by atoms with Crippen molar-refractivity contribution in [1.82, 2.24) is 4.90 Å². The molecule has 0 fully saturated rings. The third-order valence-corrected chi connectivity index (χ3v) is 4.73. The summed E-state index contributed by atoms with van der Waals surface area (Å²) in [4.78, 5) is 14.7. The standard InChI is InChI=1S/C24H31NO2/c1-4-12-23(17-18-27-19-21-13-8-6-9-14-21)25(24(26)5-2)20(3)22-15-10-7-11-16-22/h4,6-16,20,23H,5,17-19H2,1-3H3/b12-4+/t20-,23+/m1/s1. The molecule has 2 atom stereocenters. The van der Waals surface area contributed by atoms with Gasteiger partial charge in [-0.25, -0.2) is 0 Å². The van der Waals surface area contributed by atoms with Crippen molar-refractivity contribution in [1.29, 1.82) is 0 Å². The molecule has 0 bridgehead atoms. The van der Waals surface area contributed by atoms with E-state index < -0.39 is 0 Å².